The Hall–Kier alpha value is 0.137. The van der Waals surface area contributed by atoms with Crippen LogP contribution in [0.2, 0.25) is 11.1 Å². The molecule has 29 heavy (non-hydrogen) atoms. The van der Waals surface area contributed by atoms with E-state index in [0.717, 1.165) is 19.3 Å². The summed E-state index contributed by atoms with van der Waals surface area (Å²) in [5.41, 5.74) is 0. The van der Waals surface area contributed by atoms with Crippen LogP contribution in [0.4, 0.5) is 0 Å². The molecule has 0 radical (unpaired) electrons. The molecule has 0 aromatic carbocycles. The summed E-state index contributed by atoms with van der Waals surface area (Å²) in [6.07, 6.45) is 22.7. The molecule has 0 aliphatic rings. The highest BCUT2D eigenvalue weighted by molar-refractivity contribution is 6.70. The third-order valence-corrected chi connectivity index (χ3v) is 11.1. The van der Waals surface area contributed by atoms with Crippen LogP contribution in [0.5, 0.6) is 0 Å². The van der Waals surface area contributed by atoms with Gasteiger partial charge in [-0.15, -0.1) is 0 Å². The highest BCUT2D eigenvalue weighted by Crippen LogP contribution is 2.41. The minimum absolute atomic E-state index is 0.147. The first-order valence-electron chi connectivity index (χ1n) is 13.2. The van der Waals surface area contributed by atoms with Crippen molar-refractivity contribution in [3.63, 3.8) is 0 Å². The average molecular weight is 429 g/mol. The van der Waals surface area contributed by atoms with Crippen molar-refractivity contribution in [1.29, 1.82) is 0 Å². The van der Waals surface area contributed by atoms with E-state index < -0.39 is 8.56 Å². The molecule has 0 heterocycles. The molecule has 0 aliphatic heterocycles. The molecule has 0 fully saturated rings. The number of hydrogen-bond acceptors (Lipinski definition) is 2. The lowest BCUT2D eigenvalue weighted by atomic mass is 10.0. The van der Waals surface area contributed by atoms with E-state index in [1.165, 1.54) is 103 Å². The van der Waals surface area contributed by atoms with Gasteiger partial charge >= 0.3 is 8.56 Å². The lowest BCUT2D eigenvalue weighted by Crippen LogP contribution is -2.50. The Morgan fingerprint density at radius 1 is 0.483 bits per heavy atom. The van der Waals surface area contributed by atoms with Crippen molar-refractivity contribution in [3.05, 3.63) is 0 Å². The highest BCUT2D eigenvalue weighted by Gasteiger charge is 2.48. The molecule has 0 spiro atoms. The van der Waals surface area contributed by atoms with Crippen LogP contribution in [-0.2, 0) is 8.85 Å². The van der Waals surface area contributed by atoms with Crippen LogP contribution < -0.4 is 0 Å². The lowest BCUT2D eigenvalue weighted by Gasteiger charge is -2.40. The maximum absolute atomic E-state index is 6.28. The van der Waals surface area contributed by atoms with Gasteiger partial charge in [0.25, 0.3) is 0 Å². The van der Waals surface area contributed by atoms with Crippen LogP contribution in [0.15, 0.2) is 0 Å². The van der Waals surface area contributed by atoms with Crippen LogP contribution in [-0.4, -0.2) is 21.8 Å². The summed E-state index contributed by atoms with van der Waals surface area (Å²) in [6.45, 7) is 15.0. The molecule has 3 heteroatoms. The van der Waals surface area contributed by atoms with Gasteiger partial charge in [-0.3, -0.25) is 0 Å². The third kappa shape index (κ3) is 14.7. The first-order valence-corrected chi connectivity index (χ1v) is 15.2. The maximum Gasteiger partial charge on any atom is 0.343 e. The van der Waals surface area contributed by atoms with E-state index in [2.05, 4.69) is 41.5 Å². The fourth-order valence-corrected chi connectivity index (χ4v) is 8.00. The van der Waals surface area contributed by atoms with Crippen molar-refractivity contribution in [2.24, 2.45) is 0 Å². The van der Waals surface area contributed by atoms with Gasteiger partial charge in [0.15, 0.2) is 0 Å². The Morgan fingerprint density at radius 2 is 0.793 bits per heavy atom. The molecule has 0 bridgehead atoms. The zero-order valence-electron chi connectivity index (χ0n) is 21.3. The van der Waals surface area contributed by atoms with Crippen molar-refractivity contribution < 1.29 is 8.85 Å². The second-order valence-corrected chi connectivity index (χ2v) is 14.0. The summed E-state index contributed by atoms with van der Waals surface area (Å²) in [5.74, 6) is 0. The summed E-state index contributed by atoms with van der Waals surface area (Å²) < 4.78 is 12.6. The van der Waals surface area contributed by atoms with Crippen molar-refractivity contribution in [2.45, 2.75) is 155 Å². The molecule has 0 amide bonds. The summed E-state index contributed by atoms with van der Waals surface area (Å²) >= 11 is 0. The SMILES string of the molecule is CCCCCCCCCCCCCCCCCC[Si](OCC)(OCC)C(C)(C)C. The standard InChI is InChI=1S/C26H56O2Si/c1-7-10-11-12-13-14-15-16-17-18-19-20-21-22-23-24-25-29(27-8-2,28-9-3)26(4,5)6/h7-25H2,1-6H3. The highest BCUT2D eigenvalue weighted by atomic mass is 28.4. The maximum atomic E-state index is 6.28. The molecule has 0 saturated heterocycles. The van der Waals surface area contributed by atoms with Gasteiger partial charge in [0, 0.05) is 18.3 Å². The topological polar surface area (TPSA) is 18.5 Å². The third-order valence-electron chi connectivity index (χ3n) is 6.26. The van der Waals surface area contributed by atoms with E-state index >= 15 is 0 Å². The van der Waals surface area contributed by atoms with Crippen molar-refractivity contribution in [2.75, 3.05) is 13.2 Å². The van der Waals surface area contributed by atoms with Gasteiger partial charge in [0.1, 0.15) is 0 Å². The summed E-state index contributed by atoms with van der Waals surface area (Å²) in [7, 11) is -2.10. The first-order chi connectivity index (χ1) is 13.9. The van der Waals surface area contributed by atoms with Gasteiger partial charge in [-0.25, -0.2) is 0 Å². The molecule has 0 atom stereocenters. The smallest absolute Gasteiger partial charge is 0.343 e. The Balaban J connectivity index is 3.62. The fraction of sp³-hybridized carbons (Fsp3) is 1.00. The first kappa shape index (κ1) is 29.1. The van der Waals surface area contributed by atoms with Crippen LogP contribution >= 0.6 is 0 Å². The molecule has 176 valence electrons. The monoisotopic (exact) mass is 428 g/mol. The van der Waals surface area contributed by atoms with Crippen LogP contribution in [0.3, 0.4) is 0 Å². The van der Waals surface area contributed by atoms with E-state index in [4.69, 9.17) is 8.85 Å². The van der Waals surface area contributed by atoms with Gasteiger partial charge in [0.2, 0.25) is 0 Å². The molecule has 2 nitrogen and oxygen atoms in total. The Bertz CT molecular complexity index is 332. The molecular formula is C26H56O2Si. The van der Waals surface area contributed by atoms with Gasteiger partial charge in [0.05, 0.1) is 0 Å². The molecule has 0 aromatic rings. The van der Waals surface area contributed by atoms with Crippen molar-refractivity contribution >= 4 is 8.56 Å². The summed E-state index contributed by atoms with van der Waals surface area (Å²) in [5, 5.41) is 0.147. The second-order valence-electron chi connectivity index (χ2n) is 9.92. The Kier molecular flexibility index (Phi) is 19.0. The number of hydrogen-bond donors (Lipinski definition) is 0. The van der Waals surface area contributed by atoms with Gasteiger partial charge in [-0.2, -0.15) is 0 Å². The van der Waals surface area contributed by atoms with Crippen LogP contribution in [0, 0.1) is 0 Å². The Morgan fingerprint density at radius 3 is 1.07 bits per heavy atom. The predicted octanol–water partition coefficient (Wildman–Crippen LogP) is 9.56. The quantitative estimate of drug-likeness (QED) is 0.134. The van der Waals surface area contributed by atoms with Gasteiger partial charge in [-0.1, -0.05) is 130 Å². The molecule has 0 unspecified atom stereocenters. The molecule has 0 aliphatic carbocycles. The molecule has 0 saturated carbocycles. The molecule has 0 N–H and O–H groups in total. The summed E-state index contributed by atoms with van der Waals surface area (Å²) in [4.78, 5) is 0. The second kappa shape index (κ2) is 18.9. The number of rotatable bonds is 21. The van der Waals surface area contributed by atoms with Gasteiger partial charge in [-0.05, 0) is 19.9 Å². The van der Waals surface area contributed by atoms with Crippen LogP contribution in [0.1, 0.15) is 144 Å². The van der Waals surface area contributed by atoms with E-state index in [1.807, 2.05) is 0 Å². The van der Waals surface area contributed by atoms with E-state index in [9.17, 15) is 0 Å². The average Bonchev–Trinajstić information content (AvgIpc) is 2.67. The van der Waals surface area contributed by atoms with Crippen molar-refractivity contribution in [1.82, 2.24) is 0 Å². The van der Waals surface area contributed by atoms with E-state index in [1.54, 1.807) is 0 Å². The Labute approximate surface area is 186 Å². The minimum atomic E-state index is -2.10. The lowest BCUT2D eigenvalue weighted by molar-refractivity contribution is 0.159. The predicted molar refractivity (Wildman–Crippen MR) is 133 cm³/mol. The van der Waals surface area contributed by atoms with Gasteiger partial charge < -0.3 is 8.85 Å². The zero-order valence-corrected chi connectivity index (χ0v) is 22.3. The fourth-order valence-electron chi connectivity index (χ4n) is 4.37. The van der Waals surface area contributed by atoms with E-state index in [-0.39, 0.29) is 5.04 Å². The van der Waals surface area contributed by atoms with E-state index in [0.29, 0.717) is 0 Å². The summed E-state index contributed by atoms with van der Waals surface area (Å²) in [6, 6.07) is 1.15. The number of unbranched alkanes of at least 4 members (excludes halogenated alkanes) is 15. The molecule has 0 aromatic heterocycles. The van der Waals surface area contributed by atoms with Crippen molar-refractivity contribution in [3.8, 4) is 0 Å². The molecular weight excluding hydrogens is 372 g/mol. The largest absolute Gasteiger partial charge is 0.394 e. The normalized spacial score (nSPS) is 12.6. The molecule has 0 rings (SSSR count). The van der Waals surface area contributed by atoms with Crippen LogP contribution in [0.25, 0.3) is 0 Å². The zero-order chi connectivity index (χ0) is 21.8. The minimum Gasteiger partial charge on any atom is -0.394 e.